The smallest absolute Gasteiger partial charge is 0.433 e. The van der Waals surface area contributed by atoms with Crippen LogP contribution in [0.3, 0.4) is 0 Å². The van der Waals surface area contributed by atoms with E-state index < -0.39 is 29.2 Å². The van der Waals surface area contributed by atoms with Gasteiger partial charge in [-0.25, -0.2) is 9.18 Å². The first-order chi connectivity index (χ1) is 7.36. The number of ether oxygens (including phenoxy) is 1. The van der Waals surface area contributed by atoms with Crippen LogP contribution in [-0.4, -0.2) is 17.6 Å². The molecule has 0 radical (unpaired) electrons. The average Bonchev–Trinajstić information content (AvgIpc) is 2.16. The van der Waals surface area contributed by atoms with Crippen LogP contribution in [0, 0.1) is 5.82 Å². The van der Waals surface area contributed by atoms with Gasteiger partial charge in [-0.1, -0.05) is 0 Å². The number of rotatable bonds is 2. The normalized spacial score (nSPS) is 11.3. The number of carbonyl (C=O) groups excluding carboxylic acids is 1. The summed E-state index contributed by atoms with van der Waals surface area (Å²) in [6.45, 7) is 1.49. The molecule has 0 saturated heterocycles. The first kappa shape index (κ1) is 12.4. The predicted molar refractivity (Wildman–Crippen MR) is 45.2 cm³/mol. The van der Waals surface area contributed by atoms with Gasteiger partial charge >= 0.3 is 12.1 Å². The number of hydrogen-bond acceptors (Lipinski definition) is 3. The van der Waals surface area contributed by atoms with Crippen LogP contribution in [0.25, 0.3) is 0 Å². The molecule has 88 valence electrons. The molecule has 1 heterocycles. The van der Waals surface area contributed by atoms with Crippen LogP contribution in [0.15, 0.2) is 12.3 Å². The molecule has 0 saturated carbocycles. The second-order valence-corrected chi connectivity index (χ2v) is 2.77. The highest BCUT2D eigenvalue weighted by molar-refractivity contribution is 5.89. The molecule has 0 fully saturated rings. The Morgan fingerprint density at radius 3 is 2.56 bits per heavy atom. The van der Waals surface area contributed by atoms with Gasteiger partial charge in [-0.2, -0.15) is 13.2 Å². The largest absolute Gasteiger partial charge is 0.462 e. The molecule has 1 aromatic heterocycles. The first-order valence-corrected chi connectivity index (χ1v) is 4.26. The predicted octanol–water partition coefficient (Wildman–Crippen LogP) is 2.42. The van der Waals surface area contributed by atoms with E-state index in [0.29, 0.717) is 6.20 Å². The third kappa shape index (κ3) is 2.68. The van der Waals surface area contributed by atoms with Crippen molar-refractivity contribution in [3.8, 4) is 0 Å². The lowest BCUT2D eigenvalue weighted by Crippen LogP contribution is -2.13. The summed E-state index contributed by atoms with van der Waals surface area (Å²) in [5.41, 5.74) is -2.01. The van der Waals surface area contributed by atoms with Gasteiger partial charge in [0.15, 0.2) is 0 Å². The van der Waals surface area contributed by atoms with Gasteiger partial charge in [-0.3, -0.25) is 4.98 Å². The molecule has 0 N–H and O–H groups in total. The molecule has 1 aromatic rings. The van der Waals surface area contributed by atoms with Crippen molar-refractivity contribution in [3.63, 3.8) is 0 Å². The summed E-state index contributed by atoms with van der Waals surface area (Å²) in [5, 5.41) is 0. The molecule has 0 aliphatic heterocycles. The van der Waals surface area contributed by atoms with Crippen molar-refractivity contribution in [2.24, 2.45) is 0 Å². The van der Waals surface area contributed by atoms with Crippen LogP contribution in [0.1, 0.15) is 23.0 Å². The van der Waals surface area contributed by atoms with Crippen molar-refractivity contribution < 1.29 is 27.1 Å². The summed E-state index contributed by atoms with van der Waals surface area (Å²) in [6, 6.07) is 0.159. The number of carbonyl (C=O) groups is 1. The van der Waals surface area contributed by atoms with Gasteiger partial charge in [0.25, 0.3) is 0 Å². The van der Waals surface area contributed by atoms with Gasteiger partial charge in [0.1, 0.15) is 17.1 Å². The van der Waals surface area contributed by atoms with Gasteiger partial charge in [0, 0.05) is 12.3 Å². The number of alkyl halides is 3. The van der Waals surface area contributed by atoms with E-state index in [4.69, 9.17) is 0 Å². The molecule has 0 aliphatic rings. The summed E-state index contributed by atoms with van der Waals surface area (Å²) in [5.74, 6) is -2.35. The Morgan fingerprint density at radius 1 is 1.50 bits per heavy atom. The van der Waals surface area contributed by atoms with Crippen LogP contribution in [0.4, 0.5) is 17.6 Å². The number of hydrogen-bond donors (Lipinski definition) is 0. The fourth-order valence-corrected chi connectivity index (χ4v) is 0.945. The Bertz CT molecular complexity index is 403. The Labute approximate surface area is 88.0 Å². The van der Waals surface area contributed by atoms with Crippen molar-refractivity contribution in [1.29, 1.82) is 0 Å². The van der Waals surface area contributed by atoms with E-state index in [0.717, 1.165) is 0 Å². The van der Waals surface area contributed by atoms with E-state index in [9.17, 15) is 22.4 Å². The van der Waals surface area contributed by atoms with Gasteiger partial charge in [-0.05, 0) is 6.92 Å². The second-order valence-electron chi connectivity index (χ2n) is 2.77. The molecule has 0 atom stereocenters. The van der Waals surface area contributed by atoms with Crippen LogP contribution in [0.5, 0.6) is 0 Å². The molecule has 0 bridgehead atoms. The minimum atomic E-state index is -4.74. The van der Waals surface area contributed by atoms with Crippen molar-refractivity contribution in [1.82, 2.24) is 4.98 Å². The molecule has 7 heteroatoms. The fourth-order valence-electron chi connectivity index (χ4n) is 0.945. The van der Waals surface area contributed by atoms with Crippen molar-refractivity contribution in [3.05, 3.63) is 29.3 Å². The minimum absolute atomic E-state index is 0.000699. The van der Waals surface area contributed by atoms with E-state index in [-0.39, 0.29) is 12.7 Å². The maximum atomic E-state index is 13.1. The lowest BCUT2D eigenvalue weighted by molar-refractivity contribution is -0.141. The van der Waals surface area contributed by atoms with E-state index in [1.165, 1.54) is 6.92 Å². The zero-order valence-electron chi connectivity index (χ0n) is 8.14. The Kier molecular flexibility index (Phi) is 3.46. The monoisotopic (exact) mass is 237 g/mol. The highest BCUT2D eigenvalue weighted by atomic mass is 19.4. The van der Waals surface area contributed by atoms with E-state index in [1.807, 2.05) is 0 Å². The zero-order valence-corrected chi connectivity index (χ0v) is 8.14. The molecule has 16 heavy (non-hydrogen) atoms. The Balaban J connectivity index is 3.05. The molecule has 1 rings (SSSR count). The molecular weight excluding hydrogens is 230 g/mol. The van der Waals surface area contributed by atoms with E-state index in [1.54, 1.807) is 0 Å². The topological polar surface area (TPSA) is 39.2 Å². The molecule has 0 amide bonds. The quantitative estimate of drug-likeness (QED) is 0.585. The van der Waals surface area contributed by atoms with Gasteiger partial charge < -0.3 is 4.74 Å². The van der Waals surface area contributed by atoms with Crippen LogP contribution in [-0.2, 0) is 10.9 Å². The number of halogens is 4. The minimum Gasteiger partial charge on any atom is -0.462 e. The van der Waals surface area contributed by atoms with Gasteiger partial charge in [0.05, 0.1) is 6.61 Å². The Hall–Kier alpha value is -1.66. The number of pyridine rings is 1. The molecule has 0 aromatic carbocycles. The number of esters is 1. The van der Waals surface area contributed by atoms with Gasteiger partial charge in [-0.15, -0.1) is 0 Å². The zero-order chi connectivity index (χ0) is 12.3. The highest BCUT2D eigenvalue weighted by Gasteiger charge is 2.33. The average molecular weight is 237 g/mol. The lowest BCUT2D eigenvalue weighted by atomic mass is 10.2. The fraction of sp³-hybridized carbons (Fsp3) is 0.333. The van der Waals surface area contributed by atoms with Crippen LogP contribution < -0.4 is 0 Å². The lowest BCUT2D eigenvalue weighted by Gasteiger charge is -2.07. The van der Waals surface area contributed by atoms with Gasteiger partial charge in [0.2, 0.25) is 0 Å². The molecule has 0 aliphatic carbocycles. The van der Waals surface area contributed by atoms with E-state index in [2.05, 4.69) is 9.72 Å². The third-order valence-corrected chi connectivity index (χ3v) is 1.64. The standard InChI is InChI=1S/C9H7F4NO2/c1-2-16-8(15)5-4-14-7(3-6(5)10)9(11,12)13/h3-4H,2H2,1H3. The maximum absolute atomic E-state index is 13.1. The van der Waals surface area contributed by atoms with Crippen molar-refractivity contribution in [2.75, 3.05) is 6.61 Å². The molecule has 0 unspecified atom stereocenters. The summed E-state index contributed by atoms with van der Waals surface area (Å²) in [6.07, 6.45) is -4.23. The third-order valence-electron chi connectivity index (χ3n) is 1.64. The maximum Gasteiger partial charge on any atom is 0.433 e. The molecule has 3 nitrogen and oxygen atoms in total. The molecule has 0 spiro atoms. The summed E-state index contributed by atoms with van der Waals surface area (Å²) in [4.78, 5) is 14.0. The van der Waals surface area contributed by atoms with Crippen molar-refractivity contribution in [2.45, 2.75) is 13.1 Å². The van der Waals surface area contributed by atoms with Crippen molar-refractivity contribution >= 4 is 5.97 Å². The Morgan fingerprint density at radius 2 is 2.12 bits per heavy atom. The van der Waals surface area contributed by atoms with E-state index >= 15 is 0 Å². The van der Waals surface area contributed by atoms with Crippen LogP contribution in [0.2, 0.25) is 0 Å². The molecular formula is C9H7F4NO2. The highest BCUT2D eigenvalue weighted by Crippen LogP contribution is 2.28. The summed E-state index contributed by atoms with van der Waals surface area (Å²) >= 11 is 0. The number of aromatic nitrogens is 1. The van der Waals surface area contributed by atoms with Crippen LogP contribution >= 0.6 is 0 Å². The number of nitrogens with zero attached hydrogens (tertiary/aromatic N) is 1. The second kappa shape index (κ2) is 4.46. The summed E-state index contributed by atoms with van der Waals surface area (Å²) in [7, 11) is 0. The SMILES string of the molecule is CCOC(=O)c1cnc(C(F)(F)F)cc1F. The summed E-state index contributed by atoms with van der Waals surface area (Å²) < 4.78 is 53.9. The first-order valence-electron chi connectivity index (χ1n) is 4.26.